The zero-order valence-electron chi connectivity index (χ0n) is 15.4. The molecule has 3 nitrogen and oxygen atoms in total. The number of hydrogen-bond acceptors (Lipinski definition) is 3. The molecule has 28 heavy (non-hydrogen) atoms. The van der Waals surface area contributed by atoms with E-state index in [2.05, 4.69) is 52.4 Å². The van der Waals surface area contributed by atoms with Gasteiger partial charge in [-0.25, -0.2) is 0 Å². The van der Waals surface area contributed by atoms with E-state index in [0.29, 0.717) is 11.4 Å². The number of aliphatic imine (C=N–C) groups is 1. The van der Waals surface area contributed by atoms with Crippen LogP contribution in [0.1, 0.15) is 40.9 Å². The van der Waals surface area contributed by atoms with Crippen molar-refractivity contribution in [2.75, 3.05) is 0 Å². The molecule has 0 aromatic heterocycles. The number of hydrogen-bond donors (Lipinski definition) is 2. The van der Waals surface area contributed by atoms with Crippen molar-refractivity contribution >= 4 is 33.2 Å². The fourth-order valence-electron chi connectivity index (χ4n) is 3.49. The first-order valence-electron chi connectivity index (χ1n) is 9.14. The minimum atomic E-state index is -0.290. The highest BCUT2D eigenvalue weighted by atomic mass is 79.9. The van der Waals surface area contributed by atoms with E-state index in [4.69, 9.17) is 16.6 Å². The average Bonchev–Trinajstić information content (AvgIpc) is 2.70. The van der Waals surface area contributed by atoms with Gasteiger partial charge in [0.05, 0.1) is 0 Å². The first-order chi connectivity index (χ1) is 13.5. The molecule has 3 aromatic rings. The zero-order valence-corrected chi connectivity index (χ0v) is 17.7. The summed E-state index contributed by atoms with van der Waals surface area (Å²) in [4.78, 5) is 4.97. The van der Waals surface area contributed by atoms with Crippen molar-refractivity contribution in [2.24, 2.45) is 4.99 Å². The van der Waals surface area contributed by atoms with Crippen LogP contribution in [0.5, 0.6) is 5.75 Å². The van der Waals surface area contributed by atoms with Crippen molar-refractivity contribution in [2.45, 2.75) is 25.6 Å². The first kappa shape index (κ1) is 19.2. The van der Waals surface area contributed by atoms with E-state index in [0.717, 1.165) is 26.9 Å². The van der Waals surface area contributed by atoms with Crippen molar-refractivity contribution < 1.29 is 5.11 Å². The number of phenols is 1. The van der Waals surface area contributed by atoms with Gasteiger partial charge in [0, 0.05) is 38.8 Å². The number of nitrogens with zero attached hydrogens (tertiary/aromatic N) is 1. The highest BCUT2D eigenvalue weighted by molar-refractivity contribution is 9.10. The molecule has 142 valence electrons. The van der Waals surface area contributed by atoms with E-state index in [1.165, 1.54) is 5.56 Å². The summed E-state index contributed by atoms with van der Waals surface area (Å²) in [6.07, 6.45) is 0.385. The van der Waals surface area contributed by atoms with Gasteiger partial charge in [-0.2, -0.15) is 0 Å². The number of benzene rings is 3. The number of aromatic hydroxyl groups is 1. The third-order valence-corrected chi connectivity index (χ3v) is 5.83. The van der Waals surface area contributed by atoms with Crippen LogP contribution >= 0.6 is 27.5 Å². The fourth-order valence-corrected chi connectivity index (χ4v) is 4.11. The van der Waals surface area contributed by atoms with E-state index < -0.39 is 0 Å². The second kappa shape index (κ2) is 8.08. The molecule has 0 radical (unpaired) electrons. The Morgan fingerprint density at radius 1 is 1.04 bits per heavy atom. The Morgan fingerprint density at radius 3 is 2.54 bits per heavy atom. The van der Waals surface area contributed by atoms with E-state index >= 15 is 0 Å². The average molecular weight is 456 g/mol. The van der Waals surface area contributed by atoms with Gasteiger partial charge >= 0.3 is 0 Å². The Labute approximate surface area is 178 Å². The molecule has 0 saturated heterocycles. The summed E-state index contributed by atoms with van der Waals surface area (Å²) in [6, 6.07) is 21.5. The standard InChI is InChI=1S/C23H20BrClN2O/c1-14-6-8-15(9-7-14)20-13-21(18-12-16(24)10-11-22(18)28)27-23(26-20)17-4-2-3-5-19(17)25/h2-12,21,23,27-28H,13H2,1H3. The monoisotopic (exact) mass is 454 g/mol. The van der Waals surface area contributed by atoms with Gasteiger partial charge in [0.1, 0.15) is 11.9 Å². The van der Waals surface area contributed by atoms with E-state index in [1.807, 2.05) is 36.4 Å². The largest absolute Gasteiger partial charge is 0.508 e. The molecule has 1 aliphatic rings. The van der Waals surface area contributed by atoms with Gasteiger partial charge in [-0.3, -0.25) is 10.3 Å². The van der Waals surface area contributed by atoms with Crippen molar-refractivity contribution in [3.05, 3.63) is 98.5 Å². The normalized spacial score (nSPS) is 19.3. The number of aryl methyl sites for hydroxylation is 1. The molecule has 2 unspecified atom stereocenters. The van der Waals surface area contributed by atoms with Crippen LogP contribution in [0, 0.1) is 6.92 Å². The maximum atomic E-state index is 10.5. The Bertz CT molecular complexity index is 1030. The summed E-state index contributed by atoms with van der Waals surface area (Å²) in [6.45, 7) is 2.07. The minimum absolute atomic E-state index is 0.0902. The number of phenolic OH excluding ortho intramolecular Hbond substituents is 1. The van der Waals surface area contributed by atoms with Crippen molar-refractivity contribution in [3.8, 4) is 5.75 Å². The molecular weight excluding hydrogens is 436 g/mol. The van der Waals surface area contributed by atoms with Gasteiger partial charge in [0.2, 0.25) is 0 Å². The third-order valence-electron chi connectivity index (χ3n) is 4.99. The van der Waals surface area contributed by atoms with Gasteiger partial charge in [-0.1, -0.05) is 75.6 Å². The highest BCUT2D eigenvalue weighted by Crippen LogP contribution is 2.37. The molecule has 4 rings (SSSR count). The lowest BCUT2D eigenvalue weighted by molar-refractivity contribution is 0.412. The van der Waals surface area contributed by atoms with Crippen LogP contribution in [-0.4, -0.2) is 10.8 Å². The van der Waals surface area contributed by atoms with Gasteiger partial charge in [0.15, 0.2) is 0 Å². The van der Waals surface area contributed by atoms with E-state index in [9.17, 15) is 5.11 Å². The summed E-state index contributed by atoms with van der Waals surface area (Å²) in [5, 5.41) is 14.7. The van der Waals surface area contributed by atoms with Crippen LogP contribution in [0.4, 0.5) is 0 Å². The van der Waals surface area contributed by atoms with Crippen LogP contribution in [0.15, 0.2) is 76.2 Å². The Hall–Kier alpha value is -2.14. The minimum Gasteiger partial charge on any atom is -0.508 e. The van der Waals surface area contributed by atoms with Crippen molar-refractivity contribution in [3.63, 3.8) is 0 Å². The topological polar surface area (TPSA) is 44.6 Å². The fraction of sp³-hybridized carbons (Fsp3) is 0.174. The molecule has 1 heterocycles. The van der Waals surface area contributed by atoms with E-state index in [1.54, 1.807) is 6.07 Å². The van der Waals surface area contributed by atoms with E-state index in [-0.39, 0.29) is 18.0 Å². The van der Waals surface area contributed by atoms with Gasteiger partial charge in [-0.15, -0.1) is 0 Å². The third kappa shape index (κ3) is 4.00. The van der Waals surface area contributed by atoms with Crippen LogP contribution in [-0.2, 0) is 0 Å². The van der Waals surface area contributed by atoms with Crippen LogP contribution in [0.25, 0.3) is 0 Å². The molecular formula is C23H20BrClN2O. The second-order valence-corrected chi connectivity index (χ2v) is 8.32. The van der Waals surface area contributed by atoms with Crippen molar-refractivity contribution in [1.82, 2.24) is 5.32 Å². The summed E-state index contributed by atoms with van der Waals surface area (Å²) in [5.41, 5.74) is 5.05. The van der Waals surface area contributed by atoms with Crippen LogP contribution in [0.3, 0.4) is 0 Å². The lowest BCUT2D eigenvalue weighted by Gasteiger charge is -2.31. The molecule has 0 bridgehead atoms. The summed E-state index contributed by atoms with van der Waals surface area (Å²) in [7, 11) is 0. The second-order valence-electron chi connectivity index (χ2n) is 6.99. The van der Waals surface area contributed by atoms with Gasteiger partial charge < -0.3 is 5.11 Å². The lowest BCUT2D eigenvalue weighted by atomic mass is 9.93. The Balaban J connectivity index is 1.79. The number of nitrogens with one attached hydrogen (secondary N) is 1. The SMILES string of the molecule is Cc1ccc(C2=NC(c3ccccc3Cl)NC(c3cc(Br)ccc3O)C2)cc1. The smallest absolute Gasteiger partial charge is 0.127 e. The molecule has 0 spiro atoms. The molecule has 3 aromatic carbocycles. The van der Waals surface area contributed by atoms with Crippen LogP contribution in [0.2, 0.25) is 5.02 Å². The van der Waals surface area contributed by atoms with Crippen LogP contribution < -0.4 is 5.32 Å². The Kier molecular flexibility index (Phi) is 5.54. The highest BCUT2D eigenvalue weighted by Gasteiger charge is 2.28. The zero-order chi connectivity index (χ0) is 19.7. The maximum Gasteiger partial charge on any atom is 0.127 e. The molecule has 0 amide bonds. The molecule has 0 aliphatic carbocycles. The predicted molar refractivity (Wildman–Crippen MR) is 118 cm³/mol. The number of rotatable bonds is 3. The summed E-state index contributed by atoms with van der Waals surface area (Å²) >= 11 is 9.97. The summed E-state index contributed by atoms with van der Waals surface area (Å²) in [5.74, 6) is 0.267. The summed E-state index contributed by atoms with van der Waals surface area (Å²) < 4.78 is 0.927. The van der Waals surface area contributed by atoms with Gasteiger partial charge in [-0.05, 0) is 36.8 Å². The molecule has 0 saturated carbocycles. The predicted octanol–water partition coefficient (Wildman–Crippen LogP) is 6.34. The first-order valence-corrected chi connectivity index (χ1v) is 10.3. The lowest BCUT2D eigenvalue weighted by Crippen LogP contribution is -2.33. The molecule has 2 atom stereocenters. The van der Waals surface area contributed by atoms with Crippen molar-refractivity contribution in [1.29, 1.82) is 0 Å². The maximum absolute atomic E-state index is 10.5. The molecule has 1 aliphatic heterocycles. The Morgan fingerprint density at radius 2 is 1.79 bits per heavy atom. The van der Waals surface area contributed by atoms with Gasteiger partial charge in [0.25, 0.3) is 0 Å². The molecule has 0 fully saturated rings. The number of halogens is 2. The quantitative estimate of drug-likeness (QED) is 0.484. The molecule has 2 N–H and O–H groups in total. The molecule has 5 heteroatoms.